The number of esters is 1. The van der Waals surface area contributed by atoms with Gasteiger partial charge in [0.25, 0.3) is 5.91 Å². The molecule has 0 radical (unpaired) electrons. The maximum atomic E-state index is 11.9. The summed E-state index contributed by atoms with van der Waals surface area (Å²) in [5.41, 5.74) is 1.71. The molecule has 0 aliphatic heterocycles. The second-order valence-corrected chi connectivity index (χ2v) is 5.96. The van der Waals surface area contributed by atoms with E-state index in [-0.39, 0.29) is 25.0 Å². The van der Waals surface area contributed by atoms with Crippen LogP contribution in [-0.2, 0) is 20.7 Å². The van der Waals surface area contributed by atoms with Crippen LogP contribution < -0.4 is 10.1 Å². The second-order valence-electron chi connectivity index (χ2n) is 5.53. The smallest absolute Gasteiger partial charge is 0.310 e. The van der Waals surface area contributed by atoms with Crippen LogP contribution in [-0.4, -0.2) is 25.6 Å². The number of benzene rings is 2. The zero-order chi connectivity index (χ0) is 18.2. The van der Waals surface area contributed by atoms with Crippen LogP contribution >= 0.6 is 11.6 Å². The average molecular weight is 362 g/mol. The molecular formula is C19H20ClNO4. The minimum absolute atomic E-state index is 0.101. The van der Waals surface area contributed by atoms with E-state index in [4.69, 9.17) is 21.1 Å². The third-order valence-electron chi connectivity index (χ3n) is 3.62. The molecule has 0 aliphatic rings. The van der Waals surface area contributed by atoms with Gasteiger partial charge in [-0.05, 0) is 42.3 Å². The predicted molar refractivity (Wildman–Crippen MR) is 95.7 cm³/mol. The number of nitrogens with one attached hydrogen (secondary N) is 1. The summed E-state index contributed by atoms with van der Waals surface area (Å²) in [4.78, 5) is 23.7. The summed E-state index contributed by atoms with van der Waals surface area (Å²) < 4.78 is 10.1. The van der Waals surface area contributed by atoms with Crippen molar-refractivity contribution in [1.29, 1.82) is 0 Å². The van der Waals surface area contributed by atoms with Crippen LogP contribution in [0.3, 0.4) is 0 Å². The number of halogens is 1. The molecule has 2 rings (SSSR count). The van der Waals surface area contributed by atoms with Crippen molar-refractivity contribution in [2.24, 2.45) is 0 Å². The van der Waals surface area contributed by atoms with Crippen molar-refractivity contribution in [2.45, 2.75) is 19.4 Å². The van der Waals surface area contributed by atoms with Crippen molar-refractivity contribution in [3.8, 4) is 5.75 Å². The van der Waals surface area contributed by atoms with Crippen LogP contribution in [0.25, 0.3) is 0 Å². The van der Waals surface area contributed by atoms with Crippen molar-refractivity contribution in [3.63, 3.8) is 0 Å². The number of hydrogen-bond acceptors (Lipinski definition) is 4. The molecular weight excluding hydrogens is 342 g/mol. The van der Waals surface area contributed by atoms with Gasteiger partial charge in [0, 0.05) is 5.02 Å². The van der Waals surface area contributed by atoms with Gasteiger partial charge in [0.15, 0.2) is 6.61 Å². The number of methoxy groups -OCH3 is 1. The van der Waals surface area contributed by atoms with Crippen LogP contribution in [0.15, 0.2) is 48.5 Å². The molecule has 0 saturated heterocycles. The Morgan fingerprint density at radius 3 is 2.32 bits per heavy atom. The monoisotopic (exact) mass is 361 g/mol. The van der Waals surface area contributed by atoms with Gasteiger partial charge in [-0.2, -0.15) is 0 Å². The highest BCUT2D eigenvalue weighted by Crippen LogP contribution is 2.16. The molecule has 0 aromatic heterocycles. The number of ether oxygens (including phenoxy) is 2. The molecule has 1 atom stereocenters. The van der Waals surface area contributed by atoms with E-state index in [9.17, 15) is 9.59 Å². The van der Waals surface area contributed by atoms with E-state index < -0.39 is 5.97 Å². The van der Waals surface area contributed by atoms with Gasteiger partial charge in [-0.3, -0.25) is 9.59 Å². The Labute approximate surface area is 151 Å². The molecule has 0 fully saturated rings. The van der Waals surface area contributed by atoms with Gasteiger partial charge in [-0.15, -0.1) is 0 Å². The highest BCUT2D eigenvalue weighted by atomic mass is 35.5. The Balaban J connectivity index is 1.76. The lowest BCUT2D eigenvalue weighted by Crippen LogP contribution is -2.31. The first-order valence-corrected chi connectivity index (χ1v) is 8.19. The number of hydrogen-bond donors (Lipinski definition) is 1. The largest absolute Gasteiger partial charge is 0.497 e. The maximum absolute atomic E-state index is 11.9. The van der Waals surface area contributed by atoms with E-state index in [1.54, 1.807) is 43.5 Å². The molecule has 0 heterocycles. The van der Waals surface area contributed by atoms with Crippen LogP contribution in [0.2, 0.25) is 5.02 Å². The molecule has 0 saturated carbocycles. The number of carbonyl (C=O) groups excluding carboxylic acids is 2. The second kappa shape index (κ2) is 9.08. The molecule has 6 heteroatoms. The SMILES string of the molecule is COc1ccc(CC(=O)OCC(=O)N[C@@H](C)c2ccc(Cl)cc2)cc1. The Hall–Kier alpha value is -2.53. The third-order valence-corrected chi connectivity index (χ3v) is 3.87. The fraction of sp³-hybridized carbons (Fsp3) is 0.263. The fourth-order valence-corrected chi connectivity index (χ4v) is 2.35. The van der Waals surface area contributed by atoms with Crippen molar-refractivity contribution in [3.05, 3.63) is 64.7 Å². The molecule has 0 bridgehead atoms. The Morgan fingerprint density at radius 1 is 1.08 bits per heavy atom. The van der Waals surface area contributed by atoms with E-state index in [1.165, 1.54) is 0 Å². The zero-order valence-electron chi connectivity index (χ0n) is 14.1. The molecule has 1 N–H and O–H groups in total. The van der Waals surface area contributed by atoms with Gasteiger partial charge in [0.1, 0.15) is 5.75 Å². The van der Waals surface area contributed by atoms with Gasteiger partial charge in [0.2, 0.25) is 0 Å². The van der Waals surface area contributed by atoms with Crippen LogP contribution in [0.4, 0.5) is 0 Å². The van der Waals surface area contributed by atoms with Gasteiger partial charge in [-0.1, -0.05) is 35.9 Å². The van der Waals surface area contributed by atoms with E-state index in [1.807, 2.05) is 19.1 Å². The minimum Gasteiger partial charge on any atom is -0.497 e. The highest BCUT2D eigenvalue weighted by molar-refractivity contribution is 6.30. The summed E-state index contributed by atoms with van der Waals surface area (Å²) in [6, 6.07) is 14.1. The molecule has 2 aromatic rings. The summed E-state index contributed by atoms with van der Waals surface area (Å²) in [6.07, 6.45) is 0.101. The molecule has 1 amide bonds. The summed E-state index contributed by atoms with van der Waals surface area (Å²) in [6.45, 7) is 1.53. The molecule has 132 valence electrons. The maximum Gasteiger partial charge on any atom is 0.310 e. The van der Waals surface area contributed by atoms with Crippen molar-refractivity contribution in [1.82, 2.24) is 5.32 Å². The highest BCUT2D eigenvalue weighted by Gasteiger charge is 2.12. The van der Waals surface area contributed by atoms with Gasteiger partial charge in [0.05, 0.1) is 19.6 Å². The van der Waals surface area contributed by atoms with Crippen LogP contribution in [0, 0.1) is 0 Å². The van der Waals surface area contributed by atoms with Gasteiger partial charge in [-0.25, -0.2) is 0 Å². The molecule has 0 unspecified atom stereocenters. The first-order valence-electron chi connectivity index (χ1n) is 7.81. The van der Waals surface area contributed by atoms with Crippen LogP contribution in [0.5, 0.6) is 5.75 Å². The first kappa shape index (κ1) is 18.8. The Morgan fingerprint density at radius 2 is 1.72 bits per heavy atom. The minimum atomic E-state index is -0.459. The molecule has 0 spiro atoms. The Bertz CT molecular complexity index is 713. The van der Waals surface area contributed by atoms with Crippen molar-refractivity contribution < 1.29 is 19.1 Å². The summed E-state index contributed by atoms with van der Waals surface area (Å²) in [7, 11) is 1.58. The standard InChI is InChI=1S/C19H20ClNO4/c1-13(15-5-7-16(20)8-6-15)21-18(22)12-25-19(23)11-14-3-9-17(24-2)10-4-14/h3-10,13H,11-12H2,1-2H3,(H,21,22)/t13-/m0/s1. The lowest BCUT2D eigenvalue weighted by Gasteiger charge is -2.14. The molecule has 5 nitrogen and oxygen atoms in total. The lowest BCUT2D eigenvalue weighted by atomic mass is 10.1. The third kappa shape index (κ3) is 6.12. The summed E-state index contributed by atoms with van der Waals surface area (Å²) >= 11 is 5.84. The van der Waals surface area contributed by atoms with E-state index in [0.717, 1.165) is 11.1 Å². The molecule has 0 aliphatic carbocycles. The summed E-state index contributed by atoms with van der Waals surface area (Å²) in [5, 5.41) is 3.41. The quantitative estimate of drug-likeness (QED) is 0.768. The fourth-order valence-electron chi connectivity index (χ4n) is 2.23. The number of carbonyl (C=O) groups is 2. The van der Waals surface area contributed by atoms with E-state index in [2.05, 4.69) is 5.32 Å². The summed E-state index contributed by atoms with van der Waals surface area (Å²) in [5.74, 6) is -0.0994. The zero-order valence-corrected chi connectivity index (χ0v) is 14.9. The van der Waals surface area contributed by atoms with E-state index >= 15 is 0 Å². The van der Waals surface area contributed by atoms with Crippen LogP contribution in [0.1, 0.15) is 24.1 Å². The van der Waals surface area contributed by atoms with Gasteiger partial charge < -0.3 is 14.8 Å². The van der Waals surface area contributed by atoms with Gasteiger partial charge >= 0.3 is 5.97 Å². The number of amides is 1. The van der Waals surface area contributed by atoms with E-state index in [0.29, 0.717) is 10.8 Å². The van der Waals surface area contributed by atoms with Crippen molar-refractivity contribution >= 4 is 23.5 Å². The van der Waals surface area contributed by atoms with Crippen molar-refractivity contribution in [2.75, 3.05) is 13.7 Å². The normalized spacial score (nSPS) is 11.5. The number of rotatable bonds is 7. The average Bonchev–Trinajstić information content (AvgIpc) is 2.61. The molecule has 25 heavy (non-hydrogen) atoms. The predicted octanol–water partition coefficient (Wildman–Crippen LogP) is 3.31. The lowest BCUT2D eigenvalue weighted by molar-refractivity contribution is -0.148. The topological polar surface area (TPSA) is 64.6 Å². The Kier molecular flexibility index (Phi) is 6.83. The first-order chi connectivity index (χ1) is 12.0. The molecule has 2 aromatic carbocycles.